The van der Waals surface area contributed by atoms with Crippen molar-refractivity contribution >= 4 is 34.4 Å². The van der Waals surface area contributed by atoms with Gasteiger partial charge < -0.3 is 15.4 Å². The van der Waals surface area contributed by atoms with E-state index in [0.717, 1.165) is 36.7 Å². The highest BCUT2D eigenvalue weighted by atomic mass is 35.5. The van der Waals surface area contributed by atoms with Crippen molar-refractivity contribution in [1.82, 2.24) is 24.4 Å². The molecule has 1 aromatic carbocycles. The third-order valence-electron chi connectivity index (χ3n) is 7.51. The van der Waals surface area contributed by atoms with E-state index in [1.54, 1.807) is 30.0 Å². The number of nitrogens with zero attached hydrogens (tertiary/aromatic N) is 4. The Bertz CT molecular complexity index is 1570. The lowest BCUT2D eigenvalue weighted by molar-refractivity contribution is 0.0919. The third kappa shape index (κ3) is 4.62. The van der Waals surface area contributed by atoms with Crippen LogP contribution in [0.25, 0.3) is 16.7 Å². The lowest BCUT2D eigenvalue weighted by atomic mass is 9.85. The van der Waals surface area contributed by atoms with Crippen LogP contribution in [0.1, 0.15) is 41.7 Å². The van der Waals surface area contributed by atoms with Gasteiger partial charge in [0.1, 0.15) is 6.61 Å². The SMILES string of the molecule is Cc1ncc(Cl)cc1C(=O)N[C@H]1CC[C@H](Cn2c(=O)n(-c3cnc4c(c3)OCCN4)c3ccccc32)CC1. The predicted octanol–water partition coefficient (Wildman–Crippen LogP) is 4.34. The van der Waals surface area contributed by atoms with E-state index in [2.05, 4.69) is 20.6 Å². The first kappa shape index (κ1) is 24.5. The minimum Gasteiger partial charge on any atom is -0.488 e. The van der Waals surface area contributed by atoms with E-state index in [0.29, 0.717) is 59.1 Å². The molecule has 4 aromatic rings. The Morgan fingerprint density at radius 3 is 2.74 bits per heavy atom. The van der Waals surface area contributed by atoms with E-state index < -0.39 is 0 Å². The molecule has 0 saturated heterocycles. The fraction of sp³-hybridized carbons (Fsp3) is 0.357. The third-order valence-corrected chi connectivity index (χ3v) is 7.71. The number of hydrogen-bond donors (Lipinski definition) is 2. The molecule has 4 heterocycles. The molecule has 0 radical (unpaired) electrons. The first-order chi connectivity index (χ1) is 18.5. The van der Waals surface area contributed by atoms with E-state index in [1.807, 2.05) is 34.9 Å². The summed E-state index contributed by atoms with van der Waals surface area (Å²) < 4.78 is 9.35. The molecule has 9 nitrogen and oxygen atoms in total. The highest BCUT2D eigenvalue weighted by molar-refractivity contribution is 6.30. The number of amides is 1. The summed E-state index contributed by atoms with van der Waals surface area (Å²) in [6.45, 7) is 3.71. The molecule has 2 aliphatic rings. The molecule has 38 heavy (non-hydrogen) atoms. The van der Waals surface area contributed by atoms with Gasteiger partial charge >= 0.3 is 5.69 Å². The van der Waals surface area contributed by atoms with E-state index >= 15 is 0 Å². The summed E-state index contributed by atoms with van der Waals surface area (Å²) in [4.78, 5) is 35.2. The van der Waals surface area contributed by atoms with Gasteiger partial charge in [-0.1, -0.05) is 23.7 Å². The molecule has 1 fully saturated rings. The molecular formula is C28H29ClN6O3. The number of rotatable bonds is 5. The normalized spacial score (nSPS) is 18.9. The number of halogens is 1. The molecule has 0 unspecified atom stereocenters. The predicted molar refractivity (Wildman–Crippen MR) is 147 cm³/mol. The second-order valence-corrected chi connectivity index (χ2v) is 10.4. The summed E-state index contributed by atoms with van der Waals surface area (Å²) in [5.74, 6) is 1.55. The number of aryl methyl sites for hydroxylation is 1. The van der Waals surface area contributed by atoms with Gasteiger partial charge in [0.15, 0.2) is 11.6 Å². The fourth-order valence-corrected chi connectivity index (χ4v) is 5.67. The maximum Gasteiger partial charge on any atom is 0.333 e. The Morgan fingerprint density at radius 1 is 1.13 bits per heavy atom. The number of imidazole rings is 1. The largest absolute Gasteiger partial charge is 0.488 e. The summed E-state index contributed by atoms with van der Waals surface area (Å²) in [5.41, 5.74) is 3.51. The van der Waals surface area contributed by atoms with Crippen molar-refractivity contribution in [3.8, 4) is 11.4 Å². The number of fused-ring (bicyclic) bond motifs is 2. The number of pyridine rings is 2. The number of carbonyl (C=O) groups excluding carboxylic acids is 1. The van der Waals surface area contributed by atoms with Crippen LogP contribution in [0, 0.1) is 12.8 Å². The van der Waals surface area contributed by atoms with Crippen LogP contribution in [-0.2, 0) is 6.54 Å². The van der Waals surface area contributed by atoms with Crippen LogP contribution >= 0.6 is 11.6 Å². The minimum absolute atomic E-state index is 0.0870. The van der Waals surface area contributed by atoms with Crippen LogP contribution in [0.5, 0.6) is 5.75 Å². The van der Waals surface area contributed by atoms with Gasteiger partial charge in [0.25, 0.3) is 5.91 Å². The van der Waals surface area contributed by atoms with Crippen LogP contribution in [0.3, 0.4) is 0 Å². The number of ether oxygens (including phenoxy) is 1. The van der Waals surface area contributed by atoms with Crippen molar-refractivity contribution in [2.24, 2.45) is 5.92 Å². The lowest BCUT2D eigenvalue weighted by Gasteiger charge is -2.29. The molecule has 1 aliphatic carbocycles. The second-order valence-electron chi connectivity index (χ2n) is 10.0. The smallest absolute Gasteiger partial charge is 0.333 e. The van der Waals surface area contributed by atoms with Gasteiger partial charge in [-0.3, -0.25) is 18.9 Å². The zero-order valence-corrected chi connectivity index (χ0v) is 21.9. The molecule has 6 rings (SSSR count). The average Bonchev–Trinajstić information content (AvgIpc) is 3.21. The number of para-hydroxylation sites is 2. The van der Waals surface area contributed by atoms with Gasteiger partial charge in [-0.25, -0.2) is 9.78 Å². The van der Waals surface area contributed by atoms with Gasteiger partial charge in [-0.05, 0) is 56.7 Å². The fourth-order valence-electron chi connectivity index (χ4n) is 5.51. The highest BCUT2D eigenvalue weighted by Gasteiger charge is 2.26. The number of nitrogens with one attached hydrogen (secondary N) is 2. The minimum atomic E-state index is -0.141. The Hall–Kier alpha value is -3.85. The quantitative estimate of drug-likeness (QED) is 0.396. The van der Waals surface area contributed by atoms with E-state index in [4.69, 9.17) is 16.3 Å². The van der Waals surface area contributed by atoms with Crippen molar-refractivity contribution in [2.75, 3.05) is 18.5 Å². The first-order valence-electron chi connectivity index (χ1n) is 13.0. The molecule has 10 heteroatoms. The second kappa shape index (κ2) is 10.1. The maximum absolute atomic E-state index is 13.7. The van der Waals surface area contributed by atoms with Crippen LogP contribution < -0.4 is 21.1 Å². The summed E-state index contributed by atoms with van der Waals surface area (Å²) in [6, 6.07) is 11.5. The van der Waals surface area contributed by atoms with Gasteiger partial charge in [0.05, 0.1) is 45.7 Å². The number of anilines is 1. The topological polar surface area (TPSA) is 103 Å². The van der Waals surface area contributed by atoms with Crippen LogP contribution in [0.4, 0.5) is 5.82 Å². The van der Waals surface area contributed by atoms with E-state index in [1.165, 1.54) is 0 Å². The molecular weight excluding hydrogens is 504 g/mol. The van der Waals surface area contributed by atoms with Crippen molar-refractivity contribution in [2.45, 2.75) is 45.2 Å². The lowest BCUT2D eigenvalue weighted by Crippen LogP contribution is -2.39. The van der Waals surface area contributed by atoms with Gasteiger partial charge in [-0.2, -0.15) is 0 Å². The van der Waals surface area contributed by atoms with Crippen molar-refractivity contribution in [3.05, 3.63) is 75.6 Å². The maximum atomic E-state index is 13.7. The van der Waals surface area contributed by atoms with E-state index in [-0.39, 0.29) is 17.6 Å². The summed E-state index contributed by atoms with van der Waals surface area (Å²) in [6.07, 6.45) is 6.81. The number of carbonyl (C=O) groups is 1. The zero-order valence-electron chi connectivity index (χ0n) is 21.1. The van der Waals surface area contributed by atoms with Crippen LogP contribution in [0.15, 0.2) is 53.6 Å². The molecule has 0 atom stereocenters. The molecule has 0 spiro atoms. The Labute approximate surface area is 224 Å². The summed E-state index contributed by atoms with van der Waals surface area (Å²) in [5, 5.41) is 6.81. The Balaban J connectivity index is 1.19. The summed E-state index contributed by atoms with van der Waals surface area (Å²) >= 11 is 6.04. The van der Waals surface area contributed by atoms with Crippen LogP contribution in [0.2, 0.25) is 5.02 Å². The van der Waals surface area contributed by atoms with Gasteiger partial charge in [-0.15, -0.1) is 0 Å². The Kier molecular flexibility index (Phi) is 6.53. The standard InChI is InChI=1S/C28H29ClN6O3/c1-17-22(12-19(29)14-31-17)27(36)33-20-8-6-18(7-9-20)16-34-23-4-2-3-5-24(23)35(28(34)37)21-13-25-26(32-15-21)30-10-11-38-25/h2-5,12-15,18,20H,6-11,16H2,1H3,(H,30,32)(H,33,36)/t18-,20-. The van der Waals surface area contributed by atoms with Crippen molar-refractivity contribution < 1.29 is 9.53 Å². The molecule has 1 amide bonds. The van der Waals surface area contributed by atoms with Crippen LogP contribution in [-0.4, -0.2) is 44.2 Å². The van der Waals surface area contributed by atoms with E-state index in [9.17, 15) is 9.59 Å². The Morgan fingerprint density at radius 2 is 1.92 bits per heavy atom. The number of aromatic nitrogens is 4. The van der Waals surface area contributed by atoms with Gasteiger partial charge in [0, 0.05) is 24.8 Å². The van der Waals surface area contributed by atoms with Crippen molar-refractivity contribution in [3.63, 3.8) is 0 Å². The molecule has 196 valence electrons. The monoisotopic (exact) mass is 532 g/mol. The molecule has 3 aromatic heterocycles. The molecule has 1 saturated carbocycles. The zero-order chi connectivity index (χ0) is 26.2. The molecule has 2 N–H and O–H groups in total. The first-order valence-corrected chi connectivity index (χ1v) is 13.4. The number of hydrogen-bond acceptors (Lipinski definition) is 6. The van der Waals surface area contributed by atoms with Gasteiger partial charge in [0.2, 0.25) is 0 Å². The molecule has 0 bridgehead atoms. The molecule has 1 aliphatic heterocycles. The highest BCUT2D eigenvalue weighted by Crippen LogP contribution is 2.30. The summed E-state index contributed by atoms with van der Waals surface area (Å²) in [7, 11) is 0. The average molecular weight is 533 g/mol. The number of benzene rings is 1. The van der Waals surface area contributed by atoms with Crippen molar-refractivity contribution in [1.29, 1.82) is 0 Å².